The smallest absolute Gasteiger partial charge is 0.259 e. The van der Waals surface area contributed by atoms with Crippen LogP contribution in [0.3, 0.4) is 0 Å². The summed E-state index contributed by atoms with van der Waals surface area (Å²) in [5.41, 5.74) is 4.49. The number of amides is 1. The largest absolute Gasteiger partial charge is 0.497 e. The number of hydrogen-bond donors (Lipinski definition) is 0. The molecule has 5 rings (SSSR count). The quantitative estimate of drug-likeness (QED) is 0.510. The summed E-state index contributed by atoms with van der Waals surface area (Å²) in [7, 11) is 1.65. The van der Waals surface area contributed by atoms with Crippen molar-refractivity contribution in [1.82, 2.24) is 9.55 Å². The van der Waals surface area contributed by atoms with Crippen LogP contribution in [-0.2, 0) is 6.67 Å². The molecule has 5 heteroatoms. The van der Waals surface area contributed by atoms with Gasteiger partial charge in [0.25, 0.3) is 5.91 Å². The van der Waals surface area contributed by atoms with E-state index in [1.54, 1.807) is 7.11 Å². The highest BCUT2D eigenvalue weighted by atomic mass is 16.5. The Morgan fingerprint density at radius 1 is 0.966 bits per heavy atom. The number of anilines is 1. The van der Waals surface area contributed by atoms with Crippen molar-refractivity contribution in [2.75, 3.05) is 12.0 Å². The Labute approximate surface area is 168 Å². The number of para-hydroxylation sites is 1. The van der Waals surface area contributed by atoms with E-state index in [1.165, 1.54) is 0 Å². The number of fused-ring (bicyclic) bond motifs is 3. The third-order valence-corrected chi connectivity index (χ3v) is 5.20. The second-order valence-electron chi connectivity index (χ2n) is 6.88. The number of rotatable bonds is 3. The molecule has 4 aromatic rings. The molecule has 0 N–H and O–H groups in total. The van der Waals surface area contributed by atoms with Crippen molar-refractivity contribution in [2.45, 2.75) is 6.67 Å². The van der Waals surface area contributed by atoms with E-state index in [-0.39, 0.29) is 5.91 Å². The number of hydrogen-bond acceptors (Lipinski definition) is 3. The number of carbonyl (C=O) groups is 1. The van der Waals surface area contributed by atoms with Crippen LogP contribution in [0.15, 0.2) is 85.1 Å². The van der Waals surface area contributed by atoms with Gasteiger partial charge in [-0.3, -0.25) is 9.69 Å². The maximum atomic E-state index is 13.3. The Bertz CT molecular complexity index is 1200. The monoisotopic (exact) mass is 381 g/mol. The van der Waals surface area contributed by atoms with E-state index in [2.05, 4.69) is 9.55 Å². The summed E-state index contributed by atoms with van der Waals surface area (Å²) in [6.07, 6.45) is 1.87. The van der Waals surface area contributed by atoms with Crippen LogP contribution in [0.5, 0.6) is 5.75 Å². The molecule has 2 heterocycles. The number of ether oxygens (including phenoxy) is 1. The average Bonchev–Trinajstić information content (AvgIpc) is 3.23. The third kappa shape index (κ3) is 2.88. The molecular weight excluding hydrogens is 362 g/mol. The molecule has 1 aliphatic rings. The van der Waals surface area contributed by atoms with E-state index in [0.717, 1.165) is 34.1 Å². The maximum Gasteiger partial charge on any atom is 0.259 e. The van der Waals surface area contributed by atoms with Crippen LogP contribution in [0.4, 0.5) is 5.69 Å². The molecule has 0 atom stereocenters. The molecule has 0 spiro atoms. The van der Waals surface area contributed by atoms with Gasteiger partial charge in [-0.2, -0.15) is 0 Å². The lowest BCUT2D eigenvalue weighted by Gasteiger charge is -2.31. The molecule has 0 saturated heterocycles. The van der Waals surface area contributed by atoms with E-state index >= 15 is 0 Å². The first-order valence-electron chi connectivity index (χ1n) is 9.42. The predicted octanol–water partition coefficient (Wildman–Crippen LogP) is 4.84. The van der Waals surface area contributed by atoms with Crippen LogP contribution in [0.1, 0.15) is 10.4 Å². The summed E-state index contributed by atoms with van der Waals surface area (Å²) in [5.74, 6) is 1.54. The second kappa shape index (κ2) is 6.95. The minimum absolute atomic E-state index is 0.0333. The SMILES string of the molecule is COc1cccc(-c2ncc3n2CN(C(=O)c2ccccc2)c2ccccc2-3)c1. The molecule has 1 amide bonds. The molecule has 0 radical (unpaired) electrons. The Hall–Kier alpha value is -3.86. The molecule has 0 saturated carbocycles. The zero-order valence-corrected chi connectivity index (χ0v) is 15.9. The Balaban J connectivity index is 1.64. The summed E-state index contributed by atoms with van der Waals surface area (Å²) in [4.78, 5) is 19.8. The first-order chi connectivity index (χ1) is 14.3. The highest BCUT2D eigenvalue weighted by Crippen LogP contribution is 2.39. The molecule has 0 bridgehead atoms. The molecule has 5 nitrogen and oxygen atoms in total. The Morgan fingerprint density at radius 2 is 1.76 bits per heavy atom. The first kappa shape index (κ1) is 17.3. The minimum Gasteiger partial charge on any atom is -0.497 e. The lowest BCUT2D eigenvalue weighted by atomic mass is 10.1. The van der Waals surface area contributed by atoms with Gasteiger partial charge in [-0.05, 0) is 30.3 Å². The fraction of sp³-hybridized carbons (Fsp3) is 0.0833. The Morgan fingerprint density at radius 3 is 2.59 bits per heavy atom. The van der Waals surface area contributed by atoms with Gasteiger partial charge in [0.2, 0.25) is 0 Å². The summed E-state index contributed by atoms with van der Waals surface area (Å²) < 4.78 is 7.45. The normalized spacial score (nSPS) is 12.2. The van der Waals surface area contributed by atoms with Gasteiger partial charge in [0.1, 0.15) is 18.2 Å². The molecule has 29 heavy (non-hydrogen) atoms. The standard InChI is InChI=1S/C24H19N3O2/c1-29-19-11-7-10-18(14-19)23-25-15-22-20-12-5-6-13-21(20)27(16-26(22)23)24(28)17-8-3-2-4-9-17/h2-15H,16H2,1H3. The number of carbonyl (C=O) groups excluding carboxylic acids is 1. The van der Waals surface area contributed by atoms with Crippen LogP contribution in [0, 0.1) is 0 Å². The molecule has 0 unspecified atom stereocenters. The van der Waals surface area contributed by atoms with Crippen LogP contribution in [-0.4, -0.2) is 22.6 Å². The summed E-state index contributed by atoms with van der Waals surface area (Å²) in [6, 6.07) is 25.1. The van der Waals surface area contributed by atoms with E-state index in [9.17, 15) is 4.79 Å². The van der Waals surface area contributed by atoms with Crippen LogP contribution in [0.2, 0.25) is 0 Å². The first-order valence-corrected chi connectivity index (χ1v) is 9.42. The van der Waals surface area contributed by atoms with E-state index in [4.69, 9.17) is 4.74 Å². The summed E-state index contributed by atoms with van der Waals surface area (Å²) >= 11 is 0. The van der Waals surface area contributed by atoms with Gasteiger partial charge in [-0.1, -0.05) is 48.5 Å². The van der Waals surface area contributed by atoms with Crippen molar-refractivity contribution < 1.29 is 9.53 Å². The molecule has 3 aromatic carbocycles. The molecule has 0 fully saturated rings. The number of nitrogens with zero attached hydrogens (tertiary/aromatic N) is 3. The zero-order valence-electron chi connectivity index (χ0n) is 15.9. The van der Waals surface area contributed by atoms with E-state index in [0.29, 0.717) is 12.2 Å². The molecule has 142 valence electrons. The van der Waals surface area contributed by atoms with Gasteiger partial charge < -0.3 is 9.30 Å². The highest BCUT2D eigenvalue weighted by molar-refractivity contribution is 6.08. The predicted molar refractivity (Wildman–Crippen MR) is 113 cm³/mol. The minimum atomic E-state index is -0.0333. The summed E-state index contributed by atoms with van der Waals surface area (Å²) in [6.45, 7) is 0.395. The zero-order chi connectivity index (χ0) is 19.8. The van der Waals surface area contributed by atoms with Crippen molar-refractivity contribution in [3.63, 3.8) is 0 Å². The molecular formula is C24H19N3O2. The van der Waals surface area contributed by atoms with Crippen molar-refractivity contribution in [2.24, 2.45) is 0 Å². The van der Waals surface area contributed by atoms with E-state index < -0.39 is 0 Å². The lowest BCUT2D eigenvalue weighted by molar-refractivity contribution is 0.0979. The van der Waals surface area contributed by atoms with Crippen molar-refractivity contribution in [3.8, 4) is 28.4 Å². The van der Waals surface area contributed by atoms with Crippen LogP contribution < -0.4 is 9.64 Å². The van der Waals surface area contributed by atoms with Gasteiger partial charge in [0, 0.05) is 16.7 Å². The van der Waals surface area contributed by atoms with Gasteiger partial charge in [-0.15, -0.1) is 0 Å². The molecule has 1 aromatic heterocycles. The number of benzene rings is 3. The number of methoxy groups -OCH3 is 1. The van der Waals surface area contributed by atoms with Gasteiger partial charge in [-0.25, -0.2) is 4.98 Å². The molecule has 1 aliphatic heterocycles. The second-order valence-corrected chi connectivity index (χ2v) is 6.88. The van der Waals surface area contributed by atoms with Gasteiger partial charge >= 0.3 is 0 Å². The summed E-state index contributed by atoms with van der Waals surface area (Å²) in [5, 5.41) is 0. The van der Waals surface area contributed by atoms with Crippen LogP contribution in [0.25, 0.3) is 22.6 Å². The number of aromatic nitrogens is 2. The Kier molecular flexibility index (Phi) is 4.13. The molecule has 0 aliphatic carbocycles. The number of imidazole rings is 1. The third-order valence-electron chi connectivity index (χ3n) is 5.20. The van der Waals surface area contributed by atoms with Crippen molar-refractivity contribution >= 4 is 11.6 Å². The van der Waals surface area contributed by atoms with Crippen LogP contribution >= 0.6 is 0 Å². The van der Waals surface area contributed by atoms with E-state index in [1.807, 2.05) is 90.0 Å². The topological polar surface area (TPSA) is 47.4 Å². The maximum absolute atomic E-state index is 13.3. The highest BCUT2D eigenvalue weighted by Gasteiger charge is 2.29. The fourth-order valence-electron chi connectivity index (χ4n) is 3.78. The van der Waals surface area contributed by atoms with Crippen molar-refractivity contribution in [1.29, 1.82) is 0 Å². The lowest BCUT2D eigenvalue weighted by Crippen LogP contribution is -2.36. The van der Waals surface area contributed by atoms with Crippen molar-refractivity contribution in [3.05, 3.63) is 90.6 Å². The van der Waals surface area contributed by atoms with Gasteiger partial charge in [0.15, 0.2) is 0 Å². The van der Waals surface area contributed by atoms with Gasteiger partial charge in [0.05, 0.1) is 24.7 Å². The average molecular weight is 381 g/mol. The fourth-order valence-corrected chi connectivity index (χ4v) is 3.78.